The van der Waals surface area contributed by atoms with Crippen LogP contribution in [0.4, 0.5) is 0 Å². The first-order valence-corrected chi connectivity index (χ1v) is 8.95. The normalized spacial score (nSPS) is 12.2. The number of aromatic nitrogens is 1. The third-order valence-corrected chi connectivity index (χ3v) is 4.73. The number of pyridine rings is 1. The summed E-state index contributed by atoms with van der Waals surface area (Å²) >= 11 is 1.83. The van der Waals surface area contributed by atoms with Crippen LogP contribution in [-0.4, -0.2) is 10.2 Å². The maximum absolute atomic E-state index is 4.37. The fraction of sp³-hybridized carbons (Fsp3) is 0.611. The van der Waals surface area contributed by atoms with Crippen molar-refractivity contribution in [3.05, 3.63) is 37.1 Å². The van der Waals surface area contributed by atoms with Crippen molar-refractivity contribution in [2.45, 2.75) is 75.0 Å². The van der Waals surface area contributed by atoms with Gasteiger partial charge in [0.15, 0.2) is 0 Å². The molecule has 2 heteroatoms. The summed E-state index contributed by atoms with van der Waals surface area (Å²) in [4.78, 5) is 4.37. The fourth-order valence-electron chi connectivity index (χ4n) is 2.28. The predicted molar refractivity (Wildman–Crippen MR) is 91.3 cm³/mol. The number of unbranched alkanes of at least 4 members (excludes halogenated alkanes) is 7. The lowest BCUT2D eigenvalue weighted by Gasteiger charge is -2.11. The minimum absolute atomic E-state index is 0.505. The van der Waals surface area contributed by atoms with Crippen LogP contribution in [0.1, 0.15) is 64.7 Å². The summed E-state index contributed by atoms with van der Waals surface area (Å²) in [5.41, 5.74) is 0. The lowest BCUT2D eigenvalue weighted by Crippen LogP contribution is -1.98. The first-order chi connectivity index (χ1) is 9.86. The van der Waals surface area contributed by atoms with Crippen LogP contribution in [0.15, 0.2) is 42.1 Å². The number of hydrogen-bond donors (Lipinski definition) is 0. The molecule has 0 radical (unpaired) electrons. The van der Waals surface area contributed by atoms with Gasteiger partial charge in [-0.05, 0) is 18.6 Å². The van der Waals surface area contributed by atoms with Gasteiger partial charge in [0, 0.05) is 11.4 Å². The zero-order valence-electron chi connectivity index (χ0n) is 12.9. The molecule has 0 aliphatic heterocycles. The van der Waals surface area contributed by atoms with E-state index in [0.717, 1.165) is 5.03 Å². The molecule has 1 unspecified atom stereocenters. The van der Waals surface area contributed by atoms with Gasteiger partial charge < -0.3 is 0 Å². The first-order valence-electron chi connectivity index (χ1n) is 8.07. The molecule has 0 saturated carbocycles. The monoisotopic (exact) mass is 291 g/mol. The zero-order chi connectivity index (χ0) is 14.5. The third-order valence-electron chi connectivity index (χ3n) is 3.51. The summed E-state index contributed by atoms with van der Waals surface area (Å²) in [7, 11) is 0. The molecule has 0 N–H and O–H groups in total. The van der Waals surface area contributed by atoms with E-state index in [1.807, 2.05) is 30.1 Å². The van der Waals surface area contributed by atoms with Gasteiger partial charge in [0.1, 0.15) is 0 Å². The van der Waals surface area contributed by atoms with Crippen LogP contribution in [0.3, 0.4) is 0 Å². The second kappa shape index (κ2) is 12.0. The molecule has 1 nitrogen and oxygen atoms in total. The van der Waals surface area contributed by atoms with Crippen LogP contribution >= 0.6 is 11.8 Å². The quantitative estimate of drug-likeness (QED) is 0.256. The molecule has 1 aromatic heterocycles. The second-order valence-corrected chi connectivity index (χ2v) is 6.58. The van der Waals surface area contributed by atoms with Gasteiger partial charge in [-0.1, -0.05) is 82.2 Å². The molecule has 20 heavy (non-hydrogen) atoms. The molecule has 0 aliphatic carbocycles. The molecule has 0 amide bonds. The van der Waals surface area contributed by atoms with Crippen molar-refractivity contribution in [1.82, 2.24) is 4.98 Å². The molecule has 0 fully saturated rings. The van der Waals surface area contributed by atoms with Gasteiger partial charge in [-0.2, -0.15) is 0 Å². The third kappa shape index (κ3) is 8.42. The van der Waals surface area contributed by atoms with E-state index in [0.29, 0.717) is 5.25 Å². The van der Waals surface area contributed by atoms with Gasteiger partial charge in [-0.25, -0.2) is 4.98 Å². The topological polar surface area (TPSA) is 12.9 Å². The van der Waals surface area contributed by atoms with Crippen LogP contribution in [-0.2, 0) is 0 Å². The van der Waals surface area contributed by atoms with Gasteiger partial charge in [0.25, 0.3) is 0 Å². The Balaban J connectivity index is 2.05. The van der Waals surface area contributed by atoms with Crippen LogP contribution < -0.4 is 0 Å². The van der Waals surface area contributed by atoms with E-state index in [9.17, 15) is 0 Å². The van der Waals surface area contributed by atoms with Crippen molar-refractivity contribution in [1.29, 1.82) is 0 Å². The Morgan fingerprint density at radius 3 is 2.40 bits per heavy atom. The van der Waals surface area contributed by atoms with Crippen molar-refractivity contribution >= 4 is 11.8 Å². The molecule has 0 aliphatic rings. The number of nitrogens with zero attached hydrogens (tertiary/aromatic N) is 1. The molecule has 1 rings (SSSR count). The van der Waals surface area contributed by atoms with Gasteiger partial charge >= 0.3 is 0 Å². The van der Waals surface area contributed by atoms with Crippen LogP contribution in [0.25, 0.3) is 0 Å². The smallest absolute Gasteiger partial charge is 0.0965 e. The largest absolute Gasteiger partial charge is 0.250 e. The second-order valence-electron chi connectivity index (χ2n) is 5.32. The highest BCUT2D eigenvalue weighted by Crippen LogP contribution is 2.25. The average molecular weight is 292 g/mol. The lowest BCUT2D eigenvalue weighted by molar-refractivity contribution is 0.568. The van der Waals surface area contributed by atoms with Crippen molar-refractivity contribution in [2.75, 3.05) is 0 Å². The van der Waals surface area contributed by atoms with E-state index >= 15 is 0 Å². The molecular formula is C18H29NS. The number of hydrogen-bond acceptors (Lipinski definition) is 2. The summed E-state index contributed by atoms with van der Waals surface area (Å²) in [6.07, 6.45) is 16.2. The predicted octanol–water partition coefficient (Wildman–Crippen LogP) is 6.26. The zero-order valence-corrected chi connectivity index (χ0v) is 13.7. The molecule has 0 bridgehead atoms. The summed E-state index contributed by atoms with van der Waals surface area (Å²) < 4.78 is 0. The molecule has 1 atom stereocenters. The molecule has 1 aromatic rings. The Kier molecular flexibility index (Phi) is 10.4. The molecule has 1 heterocycles. The summed E-state index contributed by atoms with van der Waals surface area (Å²) in [5, 5.41) is 1.61. The molecular weight excluding hydrogens is 262 g/mol. The Hall–Kier alpha value is -0.760. The SMILES string of the molecule is C=CC(CCCCCCCCCC)Sc1ccccn1. The van der Waals surface area contributed by atoms with Gasteiger partial charge in [-0.3, -0.25) is 0 Å². The van der Waals surface area contributed by atoms with E-state index in [2.05, 4.69) is 30.6 Å². The lowest BCUT2D eigenvalue weighted by atomic mass is 10.1. The molecule has 0 saturated heterocycles. The van der Waals surface area contributed by atoms with Gasteiger partial charge in [0.2, 0.25) is 0 Å². The minimum atomic E-state index is 0.505. The van der Waals surface area contributed by atoms with Crippen molar-refractivity contribution < 1.29 is 0 Å². The molecule has 0 aromatic carbocycles. The van der Waals surface area contributed by atoms with Crippen LogP contribution in [0.2, 0.25) is 0 Å². The fourth-order valence-corrected chi connectivity index (χ4v) is 3.25. The van der Waals surface area contributed by atoms with E-state index in [-0.39, 0.29) is 0 Å². The van der Waals surface area contributed by atoms with Crippen LogP contribution in [0, 0.1) is 0 Å². The number of rotatable bonds is 12. The Morgan fingerprint density at radius 1 is 1.10 bits per heavy atom. The summed E-state index contributed by atoms with van der Waals surface area (Å²) in [5.74, 6) is 0. The maximum Gasteiger partial charge on any atom is 0.0965 e. The van der Waals surface area contributed by atoms with E-state index in [1.54, 1.807) is 0 Å². The highest BCUT2D eigenvalue weighted by Gasteiger charge is 2.06. The Bertz CT molecular complexity index is 337. The average Bonchev–Trinajstić information content (AvgIpc) is 2.49. The van der Waals surface area contributed by atoms with Gasteiger partial charge in [-0.15, -0.1) is 6.58 Å². The van der Waals surface area contributed by atoms with E-state index < -0.39 is 0 Å². The Labute approximate surface area is 129 Å². The highest BCUT2D eigenvalue weighted by molar-refractivity contribution is 8.00. The number of thioether (sulfide) groups is 1. The van der Waals surface area contributed by atoms with E-state index in [1.165, 1.54) is 57.8 Å². The van der Waals surface area contributed by atoms with E-state index in [4.69, 9.17) is 0 Å². The maximum atomic E-state index is 4.37. The molecule has 112 valence electrons. The first kappa shape index (κ1) is 17.3. The standard InChI is InChI=1S/C18H29NS/c1-3-5-6-7-8-9-10-11-14-17(4-2)20-18-15-12-13-16-19-18/h4,12-13,15-17H,2-3,5-11,14H2,1H3. The Morgan fingerprint density at radius 2 is 1.80 bits per heavy atom. The van der Waals surface area contributed by atoms with Gasteiger partial charge in [0.05, 0.1) is 5.03 Å². The molecule has 0 spiro atoms. The van der Waals surface area contributed by atoms with Crippen molar-refractivity contribution in [3.8, 4) is 0 Å². The highest BCUT2D eigenvalue weighted by atomic mass is 32.2. The minimum Gasteiger partial charge on any atom is -0.250 e. The summed E-state index contributed by atoms with van der Waals surface area (Å²) in [6.45, 7) is 6.23. The summed E-state index contributed by atoms with van der Waals surface area (Å²) in [6, 6.07) is 6.09. The van der Waals surface area contributed by atoms with Crippen molar-refractivity contribution in [3.63, 3.8) is 0 Å². The van der Waals surface area contributed by atoms with Crippen LogP contribution in [0.5, 0.6) is 0 Å². The van der Waals surface area contributed by atoms with Crippen molar-refractivity contribution in [2.24, 2.45) is 0 Å².